The van der Waals surface area contributed by atoms with Crippen molar-refractivity contribution in [2.75, 3.05) is 20.1 Å². The number of amides is 1. The number of likely N-dealkylation sites (tertiary alicyclic amines) is 1. The van der Waals surface area contributed by atoms with Gasteiger partial charge in [-0.05, 0) is 79.7 Å². The summed E-state index contributed by atoms with van der Waals surface area (Å²) in [5.74, 6) is -0.161. The molecule has 1 saturated heterocycles. The summed E-state index contributed by atoms with van der Waals surface area (Å²) in [7, 11) is 2.02. The zero-order valence-corrected chi connectivity index (χ0v) is 20.9. The topological polar surface area (TPSA) is 37.3 Å². The first-order valence-electron chi connectivity index (χ1n) is 11.9. The van der Waals surface area contributed by atoms with Crippen molar-refractivity contribution in [2.24, 2.45) is 0 Å². The maximum atomic E-state index is 14.0. The first kappa shape index (κ1) is 25.1. The number of para-hydroxylation sites is 1. The summed E-state index contributed by atoms with van der Waals surface area (Å²) in [4.78, 5) is 14.9. The first-order chi connectivity index (χ1) is 17.7. The van der Waals surface area contributed by atoms with Crippen molar-refractivity contribution in [3.63, 3.8) is 0 Å². The van der Waals surface area contributed by atoms with Crippen molar-refractivity contribution in [1.29, 1.82) is 0 Å². The number of alkyl halides is 3. The molecule has 1 aliphatic heterocycles. The van der Waals surface area contributed by atoms with Crippen LogP contribution in [0, 0.1) is 0 Å². The van der Waals surface area contributed by atoms with Gasteiger partial charge in [-0.2, -0.15) is 13.2 Å². The summed E-state index contributed by atoms with van der Waals surface area (Å²) in [5, 5.41) is 3.59. The van der Waals surface area contributed by atoms with Crippen LogP contribution in [0.3, 0.4) is 0 Å². The molecule has 0 spiro atoms. The van der Waals surface area contributed by atoms with E-state index in [1.165, 1.54) is 12.1 Å². The fraction of sp³-hybridized carbons (Fsp3) is 0.207. The summed E-state index contributed by atoms with van der Waals surface area (Å²) in [6, 6.07) is 23.1. The predicted molar refractivity (Wildman–Crippen MR) is 140 cm³/mol. The lowest BCUT2D eigenvalue weighted by Gasteiger charge is -2.19. The minimum atomic E-state index is -4.54. The Labute approximate surface area is 218 Å². The van der Waals surface area contributed by atoms with Crippen LogP contribution >= 0.6 is 11.6 Å². The largest absolute Gasteiger partial charge is 0.418 e. The number of rotatable bonds is 5. The molecule has 1 amide bonds. The van der Waals surface area contributed by atoms with Crippen molar-refractivity contribution in [3.05, 3.63) is 101 Å². The molecule has 37 heavy (non-hydrogen) atoms. The third-order valence-electron chi connectivity index (χ3n) is 6.64. The van der Waals surface area contributed by atoms with E-state index in [9.17, 15) is 18.0 Å². The quantitative estimate of drug-likeness (QED) is 0.308. The number of hydrogen-bond donors (Lipinski definition) is 1. The van der Waals surface area contributed by atoms with Gasteiger partial charge in [0.2, 0.25) is 0 Å². The van der Waals surface area contributed by atoms with E-state index in [-0.39, 0.29) is 17.6 Å². The van der Waals surface area contributed by atoms with Crippen molar-refractivity contribution in [1.82, 2.24) is 14.8 Å². The summed E-state index contributed by atoms with van der Waals surface area (Å²) in [6.07, 6.45) is -3.63. The molecule has 1 aliphatic rings. The molecule has 0 radical (unpaired) electrons. The molecule has 8 heteroatoms. The van der Waals surface area contributed by atoms with Gasteiger partial charge in [0.15, 0.2) is 0 Å². The van der Waals surface area contributed by atoms with Gasteiger partial charge in [-0.15, -0.1) is 0 Å². The molecule has 2 heterocycles. The van der Waals surface area contributed by atoms with Gasteiger partial charge in [0.1, 0.15) is 0 Å². The zero-order chi connectivity index (χ0) is 26.2. The van der Waals surface area contributed by atoms with Crippen LogP contribution in [0.25, 0.3) is 28.2 Å². The lowest BCUT2D eigenvalue weighted by atomic mass is 10.1. The van der Waals surface area contributed by atoms with Crippen LogP contribution in [0.15, 0.2) is 84.9 Å². The Morgan fingerprint density at radius 2 is 1.49 bits per heavy atom. The van der Waals surface area contributed by atoms with Gasteiger partial charge in [0, 0.05) is 23.2 Å². The monoisotopic (exact) mass is 523 g/mol. The van der Waals surface area contributed by atoms with Crippen LogP contribution in [-0.2, 0) is 6.18 Å². The second-order valence-corrected chi connectivity index (χ2v) is 9.70. The number of aromatic nitrogens is 1. The lowest BCUT2D eigenvalue weighted by molar-refractivity contribution is -0.137. The van der Waals surface area contributed by atoms with Gasteiger partial charge < -0.3 is 14.8 Å². The van der Waals surface area contributed by atoms with Gasteiger partial charge in [-0.3, -0.25) is 4.79 Å². The molecule has 0 unspecified atom stereocenters. The number of nitrogens with zero attached hydrogens (tertiary/aromatic N) is 2. The third kappa shape index (κ3) is 5.29. The molecule has 0 bridgehead atoms. The van der Waals surface area contributed by atoms with E-state index in [0.29, 0.717) is 27.5 Å². The van der Waals surface area contributed by atoms with E-state index in [1.54, 1.807) is 71.3 Å². The van der Waals surface area contributed by atoms with E-state index in [1.807, 2.05) is 7.05 Å². The minimum Gasteiger partial charge on any atom is -0.348 e. The van der Waals surface area contributed by atoms with Gasteiger partial charge in [-0.25, -0.2) is 0 Å². The smallest absolute Gasteiger partial charge is 0.348 e. The van der Waals surface area contributed by atoms with Crippen LogP contribution in [0.5, 0.6) is 0 Å². The van der Waals surface area contributed by atoms with Crippen LogP contribution in [-0.4, -0.2) is 41.6 Å². The Balaban J connectivity index is 1.56. The summed E-state index contributed by atoms with van der Waals surface area (Å²) >= 11 is 6.05. The van der Waals surface area contributed by atoms with E-state index in [0.717, 1.165) is 31.1 Å². The molecule has 1 atom stereocenters. The fourth-order valence-electron chi connectivity index (χ4n) is 4.79. The average molecular weight is 524 g/mol. The Morgan fingerprint density at radius 1 is 0.892 bits per heavy atom. The molecule has 190 valence electrons. The molecule has 1 fully saturated rings. The highest BCUT2D eigenvalue weighted by molar-refractivity contribution is 6.30. The third-order valence-corrected chi connectivity index (χ3v) is 6.89. The van der Waals surface area contributed by atoms with Crippen LogP contribution in [0.1, 0.15) is 22.3 Å². The highest BCUT2D eigenvalue weighted by atomic mass is 35.5. The molecule has 3 aromatic carbocycles. The molecular formula is C29H25ClF3N3O. The second-order valence-electron chi connectivity index (χ2n) is 9.26. The number of benzene rings is 3. The van der Waals surface area contributed by atoms with Crippen molar-refractivity contribution >= 4 is 17.5 Å². The SMILES string of the molecule is CN1CC[C@@H](NC(=O)c2ccc(-c3ccc(-c4ccc(Cl)cc4)n3-c3ccccc3C(F)(F)F)cc2)C1. The summed E-state index contributed by atoms with van der Waals surface area (Å²) in [5.41, 5.74) is 2.37. The zero-order valence-electron chi connectivity index (χ0n) is 20.1. The molecule has 4 nitrogen and oxygen atoms in total. The number of halogens is 4. The molecule has 5 rings (SSSR count). The van der Waals surface area contributed by atoms with Crippen LogP contribution in [0.4, 0.5) is 13.2 Å². The number of carbonyl (C=O) groups is 1. The highest BCUT2D eigenvalue weighted by Crippen LogP contribution is 2.39. The maximum Gasteiger partial charge on any atom is 0.418 e. The normalized spacial score (nSPS) is 16.2. The standard InChI is InChI=1S/C29H25ClF3N3O/c1-35-17-16-23(18-35)34-28(37)21-8-6-19(7-9-21)25-14-15-26(20-10-12-22(30)13-11-20)36(25)27-5-3-2-4-24(27)29(31,32)33/h2-15,23H,16-18H2,1H3,(H,34,37)/t23-/m1/s1. The van der Waals surface area contributed by atoms with E-state index in [4.69, 9.17) is 11.6 Å². The van der Waals surface area contributed by atoms with Gasteiger partial charge in [-0.1, -0.05) is 48.0 Å². The first-order valence-corrected chi connectivity index (χ1v) is 12.3. The van der Waals surface area contributed by atoms with E-state index in [2.05, 4.69) is 10.2 Å². The Kier molecular flexibility index (Phi) is 6.84. The number of hydrogen-bond acceptors (Lipinski definition) is 2. The number of carbonyl (C=O) groups excluding carboxylic acids is 1. The highest BCUT2D eigenvalue weighted by Gasteiger charge is 2.34. The maximum absolute atomic E-state index is 14.0. The molecule has 4 aromatic rings. The minimum absolute atomic E-state index is 0.0205. The van der Waals surface area contributed by atoms with Crippen molar-refractivity contribution < 1.29 is 18.0 Å². The van der Waals surface area contributed by atoms with Crippen LogP contribution < -0.4 is 5.32 Å². The van der Waals surface area contributed by atoms with Gasteiger partial charge in [0.25, 0.3) is 5.91 Å². The Bertz CT molecular complexity index is 1410. The molecule has 1 N–H and O–H groups in total. The molecule has 1 aromatic heterocycles. The second kappa shape index (κ2) is 10.1. The molecular weight excluding hydrogens is 499 g/mol. The Hall–Kier alpha value is -3.55. The van der Waals surface area contributed by atoms with Crippen LogP contribution in [0.2, 0.25) is 5.02 Å². The van der Waals surface area contributed by atoms with Crippen molar-refractivity contribution in [3.8, 4) is 28.2 Å². The fourth-order valence-corrected chi connectivity index (χ4v) is 4.92. The Morgan fingerprint density at radius 3 is 2.05 bits per heavy atom. The molecule has 0 aliphatic carbocycles. The van der Waals surface area contributed by atoms with Crippen molar-refractivity contribution in [2.45, 2.75) is 18.6 Å². The number of nitrogens with one attached hydrogen (secondary N) is 1. The van der Waals surface area contributed by atoms with E-state index < -0.39 is 11.7 Å². The lowest BCUT2D eigenvalue weighted by Crippen LogP contribution is -2.36. The molecule has 0 saturated carbocycles. The average Bonchev–Trinajstić information content (AvgIpc) is 3.50. The van der Waals surface area contributed by atoms with Gasteiger partial charge in [0.05, 0.1) is 22.6 Å². The van der Waals surface area contributed by atoms with Gasteiger partial charge >= 0.3 is 6.18 Å². The predicted octanol–water partition coefficient (Wildman–Crippen LogP) is 6.92. The van der Waals surface area contributed by atoms with E-state index >= 15 is 0 Å². The summed E-state index contributed by atoms with van der Waals surface area (Å²) in [6.45, 7) is 1.75. The summed E-state index contributed by atoms with van der Waals surface area (Å²) < 4.78 is 43.7. The number of likely N-dealkylation sites (N-methyl/N-ethyl adjacent to an activating group) is 1.